The zero-order chi connectivity index (χ0) is 40.4. The fourth-order valence-corrected chi connectivity index (χ4v) is 14.7. The fourth-order valence-electron chi connectivity index (χ4n) is 14.7. The Morgan fingerprint density at radius 2 is 0.413 bits per heavy atom. The number of phenolic OH excluding ortho intramolecular Hbond substituents is 3. The monoisotopic (exact) mass is 792 g/mol. The van der Waals surface area contributed by atoms with E-state index in [1.165, 1.54) is 140 Å². The van der Waals surface area contributed by atoms with Gasteiger partial charge in [-0.05, 0) is 207 Å². The summed E-state index contributed by atoms with van der Waals surface area (Å²) in [6.07, 6.45) is 0. The van der Waals surface area contributed by atoms with E-state index in [4.69, 9.17) is 0 Å². The topological polar surface area (TPSA) is 60.7 Å². The minimum absolute atomic E-state index is 0.272. The maximum Gasteiger partial charge on any atom is 0.124 e. The first-order valence-corrected chi connectivity index (χ1v) is 21.9. The van der Waals surface area contributed by atoms with Gasteiger partial charge < -0.3 is 15.3 Å². The normalized spacial score (nSPS) is 13.9. The lowest BCUT2D eigenvalue weighted by atomic mass is 9.70. The summed E-state index contributed by atoms with van der Waals surface area (Å²) in [6.45, 7) is 0. The van der Waals surface area contributed by atoms with Crippen molar-refractivity contribution >= 4 is 194 Å². The van der Waals surface area contributed by atoms with E-state index in [9.17, 15) is 15.3 Å². The molecule has 0 spiro atoms. The molecule has 19 aromatic rings. The Hall–Kier alpha value is -8.40. The Labute approximate surface area is 352 Å². The van der Waals surface area contributed by atoms with Crippen LogP contribution in [0.2, 0.25) is 0 Å². The molecular weight excluding hydrogens is 769 g/mol. The van der Waals surface area contributed by atoms with E-state index < -0.39 is 0 Å². The molecule has 0 unspecified atom stereocenters. The summed E-state index contributed by atoms with van der Waals surface area (Å²) in [5, 5.41) is 78.3. The number of rotatable bonds is 0. The number of benzene rings is 19. The van der Waals surface area contributed by atoms with Crippen LogP contribution in [0, 0.1) is 0 Å². The number of fused-ring (bicyclic) bond motifs is 12. The maximum absolute atomic E-state index is 11.8. The minimum atomic E-state index is 0.272. The maximum atomic E-state index is 11.8. The van der Waals surface area contributed by atoms with Gasteiger partial charge in [-0.15, -0.1) is 0 Å². The van der Waals surface area contributed by atoms with E-state index in [0.717, 1.165) is 53.9 Å². The summed E-state index contributed by atoms with van der Waals surface area (Å²) < 4.78 is 0. The summed E-state index contributed by atoms with van der Waals surface area (Å²) in [4.78, 5) is 0. The molecule has 3 nitrogen and oxygen atoms in total. The highest BCUT2D eigenvalue weighted by Crippen LogP contribution is 2.64. The average Bonchev–Trinajstić information content (AvgIpc) is 3.31. The SMILES string of the molecule is Oc1ccc2c(c1)c1ccc3c4ccc5c6cccc(O)c6c6ccc7c8ccc9c%10cccc(O)c%10c%10ccc%11c%12ccc2c2c1c3c1c(c%122)c2c%11c%10c9c8c2c2c7c6c5c4c12. The zero-order valence-corrected chi connectivity index (χ0v) is 33.0. The highest BCUT2D eigenvalue weighted by Gasteiger charge is 2.35. The molecule has 0 saturated heterocycles. The first kappa shape index (κ1) is 29.8. The van der Waals surface area contributed by atoms with Crippen LogP contribution in [0.4, 0.5) is 0 Å². The summed E-state index contributed by atoms with van der Waals surface area (Å²) in [6, 6.07) is 45.8. The van der Waals surface area contributed by atoms with Crippen LogP contribution in [0.25, 0.3) is 194 Å². The predicted molar refractivity (Wildman–Crippen MR) is 267 cm³/mol. The molecule has 63 heavy (non-hydrogen) atoms. The minimum Gasteiger partial charge on any atom is -0.508 e. The van der Waals surface area contributed by atoms with Crippen LogP contribution in [-0.4, -0.2) is 15.3 Å². The van der Waals surface area contributed by atoms with Crippen molar-refractivity contribution in [1.29, 1.82) is 0 Å². The van der Waals surface area contributed by atoms with Gasteiger partial charge in [-0.25, -0.2) is 0 Å². The summed E-state index contributed by atoms with van der Waals surface area (Å²) >= 11 is 0. The van der Waals surface area contributed by atoms with E-state index in [1.54, 1.807) is 0 Å². The van der Waals surface area contributed by atoms with Crippen LogP contribution in [0.1, 0.15) is 0 Å². The van der Waals surface area contributed by atoms with Gasteiger partial charge in [0.05, 0.1) is 0 Å². The van der Waals surface area contributed by atoms with Gasteiger partial charge in [0.1, 0.15) is 17.2 Å². The molecule has 0 radical (unpaired) electrons. The molecule has 0 aliphatic heterocycles. The number of hydrogen-bond donors (Lipinski definition) is 3. The van der Waals surface area contributed by atoms with Crippen LogP contribution in [0.15, 0.2) is 127 Å². The molecule has 0 fully saturated rings. The van der Waals surface area contributed by atoms with Crippen molar-refractivity contribution in [3.8, 4) is 17.2 Å². The number of aromatic hydroxyl groups is 3. The smallest absolute Gasteiger partial charge is 0.124 e. The molecule has 0 aliphatic rings. The highest BCUT2D eigenvalue weighted by atomic mass is 16.3. The fraction of sp³-hybridized carbons (Fsp3) is 0. The number of hydrogen-bond acceptors (Lipinski definition) is 3. The molecule has 0 atom stereocenters. The molecule has 19 aromatic carbocycles. The molecule has 19 rings (SSSR count). The van der Waals surface area contributed by atoms with Gasteiger partial charge >= 0.3 is 0 Å². The molecule has 0 bridgehead atoms. The van der Waals surface area contributed by atoms with Crippen molar-refractivity contribution in [3.63, 3.8) is 0 Å². The van der Waals surface area contributed by atoms with E-state index in [-0.39, 0.29) is 5.75 Å². The Morgan fingerprint density at radius 3 is 0.762 bits per heavy atom. The number of phenols is 3. The molecule has 0 aromatic heterocycles. The highest BCUT2D eigenvalue weighted by molar-refractivity contribution is 6.65. The molecule has 0 heterocycles. The summed E-state index contributed by atoms with van der Waals surface area (Å²) in [5.41, 5.74) is 0. The van der Waals surface area contributed by atoms with Gasteiger partial charge in [0.15, 0.2) is 0 Å². The zero-order valence-electron chi connectivity index (χ0n) is 33.0. The van der Waals surface area contributed by atoms with Crippen LogP contribution in [-0.2, 0) is 0 Å². The average molecular weight is 793 g/mol. The Bertz CT molecular complexity index is 5270. The van der Waals surface area contributed by atoms with Crippen molar-refractivity contribution in [3.05, 3.63) is 127 Å². The van der Waals surface area contributed by atoms with Crippen molar-refractivity contribution < 1.29 is 15.3 Å². The first-order chi connectivity index (χ1) is 31.1. The van der Waals surface area contributed by atoms with Crippen molar-refractivity contribution in [1.82, 2.24) is 0 Å². The third kappa shape index (κ3) is 2.68. The van der Waals surface area contributed by atoms with Crippen LogP contribution < -0.4 is 0 Å². The van der Waals surface area contributed by atoms with Gasteiger partial charge in [0.25, 0.3) is 0 Å². The van der Waals surface area contributed by atoms with Gasteiger partial charge in [-0.2, -0.15) is 0 Å². The predicted octanol–water partition coefficient (Wildman–Crippen LogP) is 16.5. The van der Waals surface area contributed by atoms with Crippen LogP contribution in [0.5, 0.6) is 17.2 Å². The molecule has 3 N–H and O–H groups in total. The first-order valence-electron chi connectivity index (χ1n) is 21.9. The van der Waals surface area contributed by atoms with Gasteiger partial charge in [-0.1, -0.05) is 103 Å². The largest absolute Gasteiger partial charge is 0.508 e. The Kier molecular flexibility index (Phi) is 4.17. The molecule has 0 amide bonds. The molecule has 0 saturated carbocycles. The summed E-state index contributed by atoms with van der Waals surface area (Å²) in [7, 11) is 0. The lowest BCUT2D eigenvalue weighted by Crippen LogP contribution is -2.02. The second-order valence-corrected chi connectivity index (χ2v) is 18.8. The molecule has 282 valence electrons. The van der Waals surface area contributed by atoms with E-state index in [1.807, 2.05) is 36.4 Å². The quantitative estimate of drug-likeness (QED) is 0.106. The van der Waals surface area contributed by atoms with Gasteiger partial charge in [0, 0.05) is 10.8 Å². The van der Waals surface area contributed by atoms with Crippen LogP contribution >= 0.6 is 0 Å². The third-order valence-electron chi connectivity index (χ3n) is 16.6. The van der Waals surface area contributed by atoms with E-state index in [2.05, 4.69) is 91.0 Å². The van der Waals surface area contributed by atoms with Crippen molar-refractivity contribution in [2.24, 2.45) is 0 Å². The Balaban J connectivity index is 1.30. The standard InChI is InChI=1S/C60H24O3/c61-22-7-8-23-26-9-10-29-33-17-19-36-42-25(4-2-6-40(42)63)28-12-14-31-34-18-20-37-41-24(3-1-5-39(41)62)27-11-13-30-32-15-16-35(38(23)21-22)46-43(26)47(29)55-58(50(32)46)56-48(30)44(27)53(37)52(34)60(56)57-49(31)45(28)54(36)51(33)59(55)57/h1-21,61-63H. The molecule has 0 aliphatic carbocycles. The lowest BCUT2D eigenvalue weighted by Gasteiger charge is -2.31. The third-order valence-corrected chi connectivity index (χ3v) is 16.6. The van der Waals surface area contributed by atoms with Crippen LogP contribution in [0.3, 0.4) is 0 Å². The van der Waals surface area contributed by atoms with Crippen molar-refractivity contribution in [2.45, 2.75) is 0 Å². The van der Waals surface area contributed by atoms with Crippen molar-refractivity contribution in [2.75, 3.05) is 0 Å². The second-order valence-electron chi connectivity index (χ2n) is 18.8. The van der Waals surface area contributed by atoms with Gasteiger partial charge in [-0.3, -0.25) is 0 Å². The lowest BCUT2D eigenvalue weighted by molar-refractivity contribution is 0.476. The second kappa shape index (κ2) is 8.83. The Morgan fingerprint density at radius 1 is 0.175 bits per heavy atom. The molecular formula is C60H24O3. The molecule has 3 heteroatoms. The van der Waals surface area contributed by atoms with E-state index >= 15 is 0 Å². The van der Waals surface area contributed by atoms with Gasteiger partial charge in [0.2, 0.25) is 0 Å². The summed E-state index contributed by atoms with van der Waals surface area (Å²) in [5.74, 6) is 0.885. The van der Waals surface area contributed by atoms with E-state index in [0.29, 0.717) is 11.5 Å².